The van der Waals surface area contributed by atoms with Crippen molar-refractivity contribution in [3.05, 3.63) is 42.2 Å². The highest BCUT2D eigenvalue weighted by atomic mass is 16.2. The molecule has 0 saturated heterocycles. The van der Waals surface area contributed by atoms with Crippen molar-refractivity contribution in [2.24, 2.45) is 0 Å². The summed E-state index contributed by atoms with van der Waals surface area (Å²) in [5.74, 6) is -0.358. The normalized spacial score (nSPS) is 10.2. The molecule has 2 amide bonds. The number of nitrogen functional groups attached to an aromatic ring is 1. The van der Waals surface area contributed by atoms with Gasteiger partial charge in [-0.25, -0.2) is 0 Å². The molecule has 0 aliphatic carbocycles. The number of aryl methyl sites for hydroxylation is 1. The lowest BCUT2D eigenvalue weighted by atomic mass is 10.2. The third kappa shape index (κ3) is 3.62. The van der Waals surface area contributed by atoms with E-state index in [0.29, 0.717) is 29.3 Å². The van der Waals surface area contributed by atoms with E-state index in [1.165, 1.54) is 6.92 Å². The first-order valence-electron chi connectivity index (χ1n) is 6.64. The summed E-state index contributed by atoms with van der Waals surface area (Å²) >= 11 is 0. The summed E-state index contributed by atoms with van der Waals surface area (Å²) < 4.78 is 1.79. The van der Waals surface area contributed by atoms with Gasteiger partial charge in [0.15, 0.2) is 0 Å². The minimum atomic E-state index is -0.221. The molecule has 21 heavy (non-hydrogen) atoms. The summed E-state index contributed by atoms with van der Waals surface area (Å²) in [4.78, 5) is 23.2. The predicted octanol–water partition coefficient (Wildman–Crippen LogP) is 2.30. The molecule has 0 aliphatic heterocycles. The largest absolute Gasteiger partial charge is 0.397 e. The van der Waals surface area contributed by atoms with Gasteiger partial charge in [0.25, 0.3) is 5.91 Å². The lowest BCUT2D eigenvalue weighted by Gasteiger charge is -2.08. The summed E-state index contributed by atoms with van der Waals surface area (Å²) in [6.07, 6.45) is 1.73. The van der Waals surface area contributed by atoms with Crippen molar-refractivity contribution in [3.8, 4) is 0 Å². The van der Waals surface area contributed by atoms with Gasteiger partial charge < -0.3 is 20.9 Å². The summed E-state index contributed by atoms with van der Waals surface area (Å²) in [5, 5.41) is 5.47. The predicted molar refractivity (Wildman–Crippen MR) is 83.2 cm³/mol. The van der Waals surface area contributed by atoms with Crippen molar-refractivity contribution in [1.29, 1.82) is 0 Å². The van der Waals surface area contributed by atoms with Gasteiger partial charge in [0.2, 0.25) is 5.91 Å². The van der Waals surface area contributed by atoms with Gasteiger partial charge >= 0.3 is 0 Å². The van der Waals surface area contributed by atoms with Crippen molar-refractivity contribution >= 4 is 28.9 Å². The Kier molecular flexibility index (Phi) is 4.27. The maximum atomic E-state index is 12.2. The molecule has 2 rings (SSSR count). The number of amides is 2. The number of hydrogen-bond acceptors (Lipinski definition) is 3. The molecule has 0 fully saturated rings. The van der Waals surface area contributed by atoms with Gasteiger partial charge in [0, 0.05) is 31.0 Å². The zero-order valence-electron chi connectivity index (χ0n) is 12.0. The van der Waals surface area contributed by atoms with Crippen LogP contribution in [0.25, 0.3) is 0 Å². The van der Waals surface area contributed by atoms with Crippen LogP contribution in [0.5, 0.6) is 0 Å². The molecule has 0 unspecified atom stereocenters. The fraction of sp³-hybridized carbons (Fsp3) is 0.200. The van der Waals surface area contributed by atoms with Gasteiger partial charge in [-0.1, -0.05) is 0 Å². The molecule has 0 spiro atoms. The lowest BCUT2D eigenvalue weighted by Crippen LogP contribution is -2.16. The third-order valence-corrected chi connectivity index (χ3v) is 2.95. The molecule has 1 aromatic carbocycles. The minimum absolute atomic E-state index is 0.136. The Morgan fingerprint density at radius 1 is 1.14 bits per heavy atom. The van der Waals surface area contributed by atoms with Gasteiger partial charge in [0.05, 0.1) is 5.69 Å². The second-order valence-electron chi connectivity index (χ2n) is 4.66. The summed E-state index contributed by atoms with van der Waals surface area (Å²) in [7, 11) is 0. The number of benzene rings is 1. The van der Waals surface area contributed by atoms with Crippen molar-refractivity contribution in [1.82, 2.24) is 4.57 Å². The van der Waals surface area contributed by atoms with Crippen LogP contribution < -0.4 is 16.4 Å². The van der Waals surface area contributed by atoms with E-state index in [1.54, 1.807) is 41.1 Å². The van der Waals surface area contributed by atoms with Crippen LogP contribution in [0.4, 0.5) is 17.1 Å². The molecule has 6 nitrogen and oxygen atoms in total. The van der Waals surface area contributed by atoms with E-state index in [-0.39, 0.29) is 11.8 Å². The maximum absolute atomic E-state index is 12.2. The van der Waals surface area contributed by atoms with Crippen LogP contribution in [-0.4, -0.2) is 16.4 Å². The van der Waals surface area contributed by atoms with Gasteiger partial charge in [-0.05, 0) is 37.3 Å². The molecule has 4 N–H and O–H groups in total. The Hall–Kier alpha value is -2.76. The number of nitrogens with zero attached hydrogens (tertiary/aromatic N) is 1. The maximum Gasteiger partial charge on any atom is 0.272 e. The summed E-state index contributed by atoms with van der Waals surface area (Å²) in [6, 6.07) is 8.55. The van der Waals surface area contributed by atoms with E-state index in [1.807, 2.05) is 6.92 Å². The number of nitrogens with two attached hydrogens (primary N) is 1. The molecule has 0 bridgehead atoms. The molecule has 1 heterocycles. The SMILES string of the molecule is CCn1cc(N)cc1C(=O)Nc1ccc(NC(C)=O)cc1. The average molecular weight is 286 g/mol. The number of anilines is 3. The Bertz CT molecular complexity index is 659. The van der Waals surface area contributed by atoms with E-state index in [2.05, 4.69) is 10.6 Å². The highest BCUT2D eigenvalue weighted by Gasteiger charge is 2.12. The third-order valence-electron chi connectivity index (χ3n) is 2.95. The van der Waals surface area contributed by atoms with Crippen LogP contribution in [-0.2, 0) is 11.3 Å². The summed E-state index contributed by atoms with van der Waals surface area (Å²) in [5.41, 5.74) is 8.12. The fourth-order valence-electron chi connectivity index (χ4n) is 2.02. The van der Waals surface area contributed by atoms with Crippen LogP contribution in [0.15, 0.2) is 36.5 Å². The fourth-order valence-corrected chi connectivity index (χ4v) is 2.02. The van der Waals surface area contributed by atoms with Crippen LogP contribution in [0.1, 0.15) is 24.3 Å². The Morgan fingerprint density at radius 3 is 2.24 bits per heavy atom. The van der Waals surface area contributed by atoms with Crippen LogP contribution in [0.3, 0.4) is 0 Å². The van der Waals surface area contributed by atoms with Crippen molar-refractivity contribution in [2.45, 2.75) is 20.4 Å². The van der Waals surface area contributed by atoms with E-state index < -0.39 is 0 Å². The Morgan fingerprint density at radius 2 is 1.71 bits per heavy atom. The number of nitrogens with one attached hydrogen (secondary N) is 2. The van der Waals surface area contributed by atoms with Gasteiger partial charge in [-0.2, -0.15) is 0 Å². The molecular formula is C15H18N4O2. The molecule has 0 saturated carbocycles. The Labute approximate surface area is 122 Å². The number of rotatable bonds is 4. The summed E-state index contributed by atoms with van der Waals surface area (Å²) in [6.45, 7) is 4.05. The number of carbonyl (C=O) groups is 2. The highest BCUT2D eigenvalue weighted by molar-refractivity contribution is 6.04. The van der Waals surface area contributed by atoms with Crippen LogP contribution in [0, 0.1) is 0 Å². The highest BCUT2D eigenvalue weighted by Crippen LogP contribution is 2.16. The first-order valence-corrected chi connectivity index (χ1v) is 6.64. The Balaban J connectivity index is 2.10. The van der Waals surface area contributed by atoms with E-state index >= 15 is 0 Å². The molecule has 6 heteroatoms. The zero-order valence-corrected chi connectivity index (χ0v) is 12.0. The minimum Gasteiger partial charge on any atom is -0.397 e. The van der Waals surface area contributed by atoms with E-state index in [4.69, 9.17) is 5.73 Å². The molecule has 0 aliphatic rings. The standard InChI is InChI=1S/C15H18N4O2/c1-3-19-9-11(16)8-14(19)15(21)18-13-6-4-12(5-7-13)17-10(2)20/h4-9H,3,16H2,1-2H3,(H,17,20)(H,18,21). The number of hydrogen-bond donors (Lipinski definition) is 3. The van der Waals surface area contributed by atoms with Gasteiger partial charge in [-0.15, -0.1) is 0 Å². The molecule has 0 radical (unpaired) electrons. The molecule has 110 valence electrons. The van der Waals surface area contributed by atoms with Crippen molar-refractivity contribution in [3.63, 3.8) is 0 Å². The average Bonchev–Trinajstić information content (AvgIpc) is 2.82. The number of carbonyl (C=O) groups excluding carboxylic acids is 2. The lowest BCUT2D eigenvalue weighted by molar-refractivity contribution is -0.114. The topological polar surface area (TPSA) is 89.2 Å². The smallest absolute Gasteiger partial charge is 0.272 e. The molecule has 1 aromatic heterocycles. The van der Waals surface area contributed by atoms with Crippen LogP contribution in [0.2, 0.25) is 0 Å². The zero-order chi connectivity index (χ0) is 15.4. The van der Waals surface area contributed by atoms with E-state index in [9.17, 15) is 9.59 Å². The molecule has 2 aromatic rings. The van der Waals surface area contributed by atoms with Gasteiger partial charge in [-0.3, -0.25) is 9.59 Å². The number of aromatic nitrogens is 1. The van der Waals surface area contributed by atoms with Crippen molar-refractivity contribution < 1.29 is 9.59 Å². The first kappa shape index (κ1) is 14.6. The molecular weight excluding hydrogens is 268 g/mol. The first-order chi connectivity index (χ1) is 9.99. The quantitative estimate of drug-likeness (QED) is 0.805. The van der Waals surface area contributed by atoms with Crippen LogP contribution >= 0.6 is 0 Å². The second kappa shape index (κ2) is 6.13. The van der Waals surface area contributed by atoms with E-state index in [0.717, 1.165) is 0 Å². The van der Waals surface area contributed by atoms with Gasteiger partial charge in [0.1, 0.15) is 5.69 Å². The van der Waals surface area contributed by atoms with Crippen molar-refractivity contribution in [2.75, 3.05) is 16.4 Å². The second-order valence-corrected chi connectivity index (χ2v) is 4.66. The monoisotopic (exact) mass is 286 g/mol. The molecule has 0 atom stereocenters.